The molecule has 0 spiro atoms. The molecule has 4 atom stereocenters. The lowest BCUT2D eigenvalue weighted by Crippen LogP contribution is -2.45. The third-order valence-corrected chi connectivity index (χ3v) is 11.8. The number of allylic oxidation sites excluding steroid dienone is 12. The van der Waals surface area contributed by atoms with Crippen LogP contribution in [0.25, 0.3) is 32.3 Å². The van der Waals surface area contributed by atoms with Crippen LogP contribution in [0.2, 0.25) is 0 Å². The highest BCUT2D eigenvalue weighted by Crippen LogP contribution is 2.58. The molecular weight excluding hydrogens is 617 g/mol. The number of benzene rings is 6. The summed E-state index contributed by atoms with van der Waals surface area (Å²) >= 11 is 0. The number of aromatic hydroxyl groups is 2. The fourth-order valence-electron chi connectivity index (χ4n) is 9.60. The Morgan fingerprint density at radius 2 is 1.02 bits per heavy atom. The van der Waals surface area contributed by atoms with Crippen molar-refractivity contribution in [2.24, 2.45) is 11.8 Å². The minimum absolute atomic E-state index is 0.0185. The summed E-state index contributed by atoms with van der Waals surface area (Å²) in [5.41, 5.74) is 4.08. The summed E-state index contributed by atoms with van der Waals surface area (Å²) in [5, 5.41) is 55.2. The molecule has 0 fully saturated rings. The smallest absolute Gasteiger partial charge is 0.141 e. The summed E-state index contributed by atoms with van der Waals surface area (Å²) in [6.07, 6.45) is 19.2. The molecule has 0 amide bonds. The van der Waals surface area contributed by atoms with Crippen molar-refractivity contribution in [2.45, 2.75) is 11.2 Å². The van der Waals surface area contributed by atoms with E-state index in [1.165, 1.54) is 16.5 Å². The van der Waals surface area contributed by atoms with Crippen molar-refractivity contribution in [1.82, 2.24) is 0 Å². The van der Waals surface area contributed by atoms with Crippen LogP contribution in [0.4, 0.5) is 0 Å². The minimum Gasteiger partial charge on any atom is -0.508 e. The van der Waals surface area contributed by atoms with Crippen LogP contribution in [0.1, 0.15) is 27.8 Å². The molecule has 11 rings (SSSR count). The summed E-state index contributed by atoms with van der Waals surface area (Å²) in [4.78, 5) is 0. The molecule has 0 heterocycles. The number of aliphatic hydroxyl groups is 2. The molecule has 6 aromatic carbocycles. The average Bonchev–Trinajstić information content (AvgIpc) is 3.14. The monoisotopic (exact) mass is 646 g/mol. The van der Waals surface area contributed by atoms with E-state index in [4.69, 9.17) is 0 Å². The van der Waals surface area contributed by atoms with Crippen molar-refractivity contribution < 1.29 is 20.4 Å². The van der Waals surface area contributed by atoms with Gasteiger partial charge in [-0.2, -0.15) is 0 Å². The Balaban J connectivity index is 1.18. The summed E-state index contributed by atoms with van der Waals surface area (Å²) in [7, 11) is 0. The molecule has 0 saturated carbocycles. The maximum atomic E-state index is 13.3. The zero-order valence-electron chi connectivity index (χ0n) is 26.8. The average molecular weight is 647 g/mol. The fraction of sp³-hybridized carbons (Fsp3) is 0.0870. The zero-order valence-corrected chi connectivity index (χ0v) is 26.8. The quantitative estimate of drug-likeness (QED) is 0.142. The number of fused-ring (bicyclic) bond motifs is 2. The van der Waals surface area contributed by atoms with E-state index in [0.717, 1.165) is 38.1 Å². The van der Waals surface area contributed by atoms with Crippen LogP contribution in [0.5, 0.6) is 11.5 Å². The van der Waals surface area contributed by atoms with Crippen molar-refractivity contribution in [3.05, 3.63) is 201 Å². The van der Waals surface area contributed by atoms with E-state index in [1.807, 2.05) is 12.1 Å². The number of rotatable bonds is 2. The first-order valence-electron chi connectivity index (χ1n) is 17.0. The van der Waals surface area contributed by atoms with Crippen LogP contribution in [0, 0.1) is 11.8 Å². The lowest BCUT2D eigenvalue weighted by Gasteiger charge is -2.47. The highest BCUT2D eigenvalue weighted by Gasteiger charge is 2.53. The lowest BCUT2D eigenvalue weighted by atomic mass is 9.59. The van der Waals surface area contributed by atoms with Crippen LogP contribution in [0.15, 0.2) is 174 Å². The van der Waals surface area contributed by atoms with Crippen LogP contribution in [-0.2, 0) is 11.2 Å². The van der Waals surface area contributed by atoms with Gasteiger partial charge in [0.1, 0.15) is 22.7 Å². The van der Waals surface area contributed by atoms with E-state index in [-0.39, 0.29) is 23.3 Å². The summed E-state index contributed by atoms with van der Waals surface area (Å²) < 4.78 is 0. The summed E-state index contributed by atoms with van der Waals surface area (Å²) in [6.45, 7) is 0. The van der Waals surface area contributed by atoms with Crippen molar-refractivity contribution >= 4 is 32.3 Å². The Morgan fingerprint density at radius 1 is 0.460 bits per heavy atom. The fourth-order valence-corrected chi connectivity index (χ4v) is 9.60. The second-order valence-corrected chi connectivity index (χ2v) is 14.3. The molecule has 5 aliphatic rings. The molecule has 4 N–H and O–H groups in total. The van der Waals surface area contributed by atoms with Gasteiger partial charge in [-0.1, -0.05) is 109 Å². The van der Waals surface area contributed by atoms with Gasteiger partial charge in [0.25, 0.3) is 0 Å². The Hall–Kier alpha value is -5.94. The number of hydrogen-bond donors (Lipinski definition) is 4. The maximum Gasteiger partial charge on any atom is 0.141 e. The summed E-state index contributed by atoms with van der Waals surface area (Å²) in [6, 6.07) is 28.4. The normalized spacial score (nSPS) is 25.8. The highest BCUT2D eigenvalue weighted by atomic mass is 16.3. The van der Waals surface area contributed by atoms with E-state index in [0.29, 0.717) is 33.4 Å². The van der Waals surface area contributed by atoms with Gasteiger partial charge in [0.2, 0.25) is 0 Å². The molecule has 0 aromatic heterocycles. The molecule has 4 unspecified atom stereocenters. The highest BCUT2D eigenvalue weighted by molar-refractivity contribution is 6.23. The molecule has 0 saturated heterocycles. The molecule has 6 aromatic rings. The van der Waals surface area contributed by atoms with E-state index in [9.17, 15) is 20.4 Å². The van der Waals surface area contributed by atoms with Gasteiger partial charge in [-0.25, -0.2) is 0 Å². The van der Waals surface area contributed by atoms with Gasteiger partial charge in [-0.05, 0) is 113 Å². The third-order valence-electron chi connectivity index (χ3n) is 11.8. The largest absolute Gasteiger partial charge is 0.508 e. The summed E-state index contributed by atoms with van der Waals surface area (Å²) in [5.74, 6) is 0.311. The second kappa shape index (κ2) is 9.39. The second-order valence-electron chi connectivity index (χ2n) is 14.3. The van der Waals surface area contributed by atoms with Gasteiger partial charge >= 0.3 is 0 Å². The maximum absolute atomic E-state index is 13.3. The lowest BCUT2D eigenvalue weighted by molar-refractivity contribution is 0.0737. The van der Waals surface area contributed by atoms with E-state index in [2.05, 4.69) is 97.1 Å². The molecule has 0 bridgehead atoms. The van der Waals surface area contributed by atoms with E-state index in [1.54, 1.807) is 36.4 Å². The Bertz CT molecular complexity index is 2710. The first-order valence-corrected chi connectivity index (χ1v) is 17.0. The van der Waals surface area contributed by atoms with Crippen molar-refractivity contribution in [1.29, 1.82) is 0 Å². The Morgan fingerprint density at radius 3 is 1.74 bits per heavy atom. The van der Waals surface area contributed by atoms with Crippen LogP contribution in [0.3, 0.4) is 0 Å². The van der Waals surface area contributed by atoms with Gasteiger partial charge in [-0.3, -0.25) is 0 Å². The first-order chi connectivity index (χ1) is 24.3. The molecule has 238 valence electrons. The van der Waals surface area contributed by atoms with Gasteiger partial charge < -0.3 is 20.4 Å². The van der Waals surface area contributed by atoms with Crippen molar-refractivity contribution in [2.75, 3.05) is 0 Å². The molecule has 5 aliphatic carbocycles. The molecular formula is C46H30O4. The minimum atomic E-state index is -1.78. The van der Waals surface area contributed by atoms with Crippen molar-refractivity contribution in [3.63, 3.8) is 0 Å². The van der Waals surface area contributed by atoms with Crippen LogP contribution in [-0.4, -0.2) is 20.4 Å². The molecule has 0 aliphatic heterocycles. The Labute approximate surface area is 287 Å². The standard InChI is InChI=1S/C46H30O4/c47-35-16-18-38-39(23-35)45(49,33-19-29-11-7-25-3-1-4-26-8-12-30(20-33)43(29)41(25)26)37-17-15-36(48)24-40(37)46(38,50)34-21-31-13-9-27-5-2-6-28-10-14-32(22-34)44(31)42(27)28/h1-24,41,43,47-50H. The van der Waals surface area contributed by atoms with Gasteiger partial charge in [0, 0.05) is 23.0 Å². The number of phenols is 2. The van der Waals surface area contributed by atoms with E-state index < -0.39 is 11.2 Å². The number of phenolic OH excluding ortho intramolecular Hbond substituents is 2. The Kier molecular flexibility index (Phi) is 5.25. The predicted octanol–water partition coefficient (Wildman–Crippen LogP) is 8.86. The van der Waals surface area contributed by atoms with Crippen LogP contribution < -0.4 is 0 Å². The zero-order chi connectivity index (χ0) is 33.5. The molecule has 4 nitrogen and oxygen atoms in total. The van der Waals surface area contributed by atoms with Gasteiger partial charge in [0.15, 0.2) is 0 Å². The predicted molar refractivity (Wildman–Crippen MR) is 197 cm³/mol. The van der Waals surface area contributed by atoms with E-state index >= 15 is 0 Å². The first kappa shape index (κ1) is 28.0. The third kappa shape index (κ3) is 3.42. The number of hydrogen-bond acceptors (Lipinski definition) is 4. The molecule has 0 radical (unpaired) electrons. The SMILES string of the molecule is Oc1ccc2c(c1)C(O)(C1=CC3=CC=C4C=CC=C5C=CC(=C1)C3C54)c1ccc(O)cc1C2(O)c1cc2ccc3cccc4ccc(c1)c2c34. The molecule has 4 heteroatoms. The van der Waals surface area contributed by atoms with Crippen molar-refractivity contribution in [3.8, 4) is 11.5 Å². The van der Waals surface area contributed by atoms with Gasteiger partial charge in [-0.15, -0.1) is 0 Å². The van der Waals surface area contributed by atoms with Crippen LogP contribution >= 0.6 is 0 Å². The molecule has 50 heavy (non-hydrogen) atoms. The van der Waals surface area contributed by atoms with Gasteiger partial charge in [0.05, 0.1) is 0 Å². The topological polar surface area (TPSA) is 80.9 Å².